The normalized spacial score (nSPS) is 12.9. The van der Waals surface area contributed by atoms with Gasteiger partial charge in [-0.05, 0) is 20.8 Å². The van der Waals surface area contributed by atoms with Gasteiger partial charge in [-0.15, -0.1) is 0 Å². The molecule has 0 aromatic carbocycles. The summed E-state index contributed by atoms with van der Waals surface area (Å²) in [7, 11) is 0. The van der Waals surface area contributed by atoms with E-state index in [4.69, 9.17) is 10.5 Å². The minimum atomic E-state index is 0.126. The standard InChI is InChI=1S/C14H26N4O/c1-11(2)10-19-6-5-16-14(7-15)13-8-17-18(9-13)12(3)4/h8-9,12,14,16H,1,5-7,10,15H2,2-4H3. The molecule has 5 nitrogen and oxygen atoms in total. The molecule has 0 saturated heterocycles. The molecule has 1 rings (SSSR count). The Morgan fingerprint density at radius 1 is 1.58 bits per heavy atom. The summed E-state index contributed by atoms with van der Waals surface area (Å²) in [5.74, 6) is 0. The fraction of sp³-hybridized carbons (Fsp3) is 0.643. The number of ether oxygens (including phenoxy) is 1. The third-order valence-corrected chi connectivity index (χ3v) is 2.77. The maximum atomic E-state index is 5.80. The number of rotatable bonds is 9. The van der Waals surface area contributed by atoms with E-state index >= 15 is 0 Å². The Kier molecular flexibility index (Phi) is 6.77. The lowest BCUT2D eigenvalue weighted by atomic mass is 10.1. The van der Waals surface area contributed by atoms with Crippen molar-refractivity contribution in [1.82, 2.24) is 15.1 Å². The first-order chi connectivity index (χ1) is 9.04. The van der Waals surface area contributed by atoms with E-state index < -0.39 is 0 Å². The van der Waals surface area contributed by atoms with Gasteiger partial charge in [-0.1, -0.05) is 12.2 Å². The predicted molar refractivity (Wildman–Crippen MR) is 78.0 cm³/mol. The maximum absolute atomic E-state index is 5.80. The van der Waals surface area contributed by atoms with Gasteiger partial charge in [0.1, 0.15) is 0 Å². The van der Waals surface area contributed by atoms with Gasteiger partial charge in [0.2, 0.25) is 0 Å². The van der Waals surface area contributed by atoms with Crippen molar-refractivity contribution < 1.29 is 4.74 Å². The average Bonchev–Trinajstić information content (AvgIpc) is 2.83. The lowest BCUT2D eigenvalue weighted by molar-refractivity contribution is 0.155. The molecule has 0 aliphatic carbocycles. The van der Waals surface area contributed by atoms with Crippen molar-refractivity contribution in [2.75, 3.05) is 26.3 Å². The SMILES string of the molecule is C=C(C)COCCNC(CN)c1cnn(C(C)C)c1. The van der Waals surface area contributed by atoms with E-state index in [-0.39, 0.29) is 6.04 Å². The van der Waals surface area contributed by atoms with E-state index in [9.17, 15) is 0 Å². The predicted octanol–water partition coefficient (Wildman–Crippen LogP) is 1.65. The second-order valence-corrected chi connectivity index (χ2v) is 5.10. The average molecular weight is 266 g/mol. The van der Waals surface area contributed by atoms with Crippen LogP contribution in [0.1, 0.15) is 38.4 Å². The highest BCUT2D eigenvalue weighted by molar-refractivity contribution is 5.11. The van der Waals surface area contributed by atoms with Crippen LogP contribution >= 0.6 is 0 Å². The first kappa shape index (κ1) is 15.9. The Bertz CT molecular complexity index is 387. The Balaban J connectivity index is 2.38. The summed E-state index contributed by atoms with van der Waals surface area (Å²) in [6.45, 7) is 12.5. The van der Waals surface area contributed by atoms with Crippen LogP contribution in [0.25, 0.3) is 0 Å². The molecule has 1 aromatic rings. The first-order valence-electron chi connectivity index (χ1n) is 6.74. The Morgan fingerprint density at radius 3 is 2.84 bits per heavy atom. The third kappa shape index (κ3) is 5.55. The molecule has 0 saturated carbocycles. The van der Waals surface area contributed by atoms with Gasteiger partial charge in [0.15, 0.2) is 0 Å². The molecule has 0 amide bonds. The number of aromatic nitrogens is 2. The van der Waals surface area contributed by atoms with Gasteiger partial charge in [0.25, 0.3) is 0 Å². The molecule has 0 aliphatic rings. The first-order valence-corrected chi connectivity index (χ1v) is 6.74. The van der Waals surface area contributed by atoms with Crippen molar-refractivity contribution in [1.29, 1.82) is 0 Å². The van der Waals surface area contributed by atoms with Gasteiger partial charge in [0, 0.05) is 36.9 Å². The van der Waals surface area contributed by atoms with Gasteiger partial charge < -0.3 is 15.8 Å². The van der Waals surface area contributed by atoms with Gasteiger partial charge in [-0.25, -0.2) is 0 Å². The van der Waals surface area contributed by atoms with Crippen LogP contribution in [0.3, 0.4) is 0 Å². The molecule has 1 unspecified atom stereocenters. The van der Waals surface area contributed by atoms with E-state index in [0.29, 0.717) is 25.8 Å². The zero-order valence-electron chi connectivity index (χ0n) is 12.2. The van der Waals surface area contributed by atoms with E-state index in [2.05, 4.69) is 30.8 Å². The van der Waals surface area contributed by atoms with Crippen molar-refractivity contribution in [2.24, 2.45) is 5.73 Å². The Labute approximate surface area is 115 Å². The molecule has 1 heterocycles. The quantitative estimate of drug-likeness (QED) is 0.527. The van der Waals surface area contributed by atoms with Crippen molar-refractivity contribution in [3.05, 3.63) is 30.1 Å². The number of nitrogens with zero attached hydrogens (tertiary/aromatic N) is 2. The van der Waals surface area contributed by atoms with Crippen LogP contribution in [0.5, 0.6) is 0 Å². The van der Waals surface area contributed by atoms with Gasteiger partial charge in [-0.2, -0.15) is 5.10 Å². The number of hydrogen-bond donors (Lipinski definition) is 2. The smallest absolute Gasteiger partial charge is 0.0672 e. The number of nitrogens with one attached hydrogen (secondary N) is 1. The summed E-state index contributed by atoms with van der Waals surface area (Å²) in [6.07, 6.45) is 3.92. The van der Waals surface area contributed by atoms with Crippen LogP contribution in [0.4, 0.5) is 0 Å². The maximum Gasteiger partial charge on any atom is 0.0672 e. The molecule has 0 spiro atoms. The molecular formula is C14H26N4O. The van der Waals surface area contributed by atoms with E-state index in [1.165, 1.54) is 0 Å². The topological polar surface area (TPSA) is 65.1 Å². The molecule has 19 heavy (non-hydrogen) atoms. The summed E-state index contributed by atoms with van der Waals surface area (Å²) >= 11 is 0. The molecule has 0 fully saturated rings. The number of hydrogen-bond acceptors (Lipinski definition) is 4. The molecule has 1 atom stereocenters. The van der Waals surface area contributed by atoms with Gasteiger partial charge in [0.05, 0.1) is 19.4 Å². The summed E-state index contributed by atoms with van der Waals surface area (Å²) in [5.41, 5.74) is 7.96. The monoisotopic (exact) mass is 266 g/mol. The van der Waals surface area contributed by atoms with Crippen LogP contribution in [0, 0.1) is 0 Å². The fourth-order valence-electron chi connectivity index (χ4n) is 1.70. The molecule has 1 aromatic heterocycles. The molecule has 0 radical (unpaired) electrons. The second kappa shape index (κ2) is 8.09. The lowest BCUT2D eigenvalue weighted by Gasteiger charge is -2.15. The molecule has 3 N–H and O–H groups in total. The summed E-state index contributed by atoms with van der Waals surface area (Å²) < 4.78 is 7.39. The van der Waals surface area contributed by atoms with E-state index in [0.717, 1.165) is 17.7 Å². The van der Waals surface area contributed by atoms with Crippen LogP contribution in [0.2, 0.25) is 0 Å². The summed E-state index contributed by atoms with van der Waals surface area (Å²) in [4.78, 5) is 0. The zero-order valence-corrected chi connectivity index (χ0v) is 12.2. The summed E-state index contributed by atoms with van der Waals surface area (Å²) in [5, 5.41) is 7.71. The largest absolute Gasteiger partial charge is 0.376 e. The fourth-order valence-corrected chi connectivity index (χ4v) is 1.70. The Morgan fingerprint density at radius 2 is 2.32 bits per heavy atom. The lowest BCUT2D eigenvalue weighted by Crippen LogP contribution is -2.30. The van der Waals surface area contributed by atoms with Crippen molar-refractivity contribution in [3.63, 3.8) is 0 Å². The van der Waals surface area contributed by atoms with Gasteiger partial charge >= 0.3 is 0 Å². The van der Waals surface area contributed by atoms with Crippen molar-refractivity contribution >= 4 is 0 Å². The molecule has 0 bridgehead atoms. The van der Waals surface area contributed by atoms with Crippen LogP contribution in [0.15, 0.2) is 24.5 Å². The third-order valence-electron chi connectivity index (χ3n) is 2.77. The molecule has 108 valence electrons. The molecule has 5 heteroatoms. The van der Waals surface area contributed by atoms with Crippen molar-refractivity contribution in [3.8, 4) is 0 Å². The zero-order chi connectivity index (χ0) is 14.3. The van der Waals surface area contributed by atoms with E-state index in [1.807, 2.05) is 24.0 Å². The van der Waals surface area contributed by atoms with Gasteiger partial charge in [-0.3, -0.25) is 4.68 Å². The highest BCUT2D eigenvalue weighted by Gasteiger charge is 2.11. The Hall–Kier alpha value is -1.17. The highest BCUT2D eigenvalue weighted by Crippen LogP contribution is 2.12. The van der Waals surface area contributed by atoms with Crippen LogP contribution in [-0.2, 0) is 4.74 Å². The minimum Gasteiger partial charge on any atom is -0.376 e. The minimum absolute atomic E-state index is 0.126. The highest BCUT2D eigenvalue weighted by atomic mass is 16.5. The second-order valence-electron chi connectivity index (χ2n) is 5.10. The van der Waals surface area contributed by atoms with Crippen LogP contribution in [-0.4, -0.2) is 36.1 Å². The van der Waals surface area contributed by atoms with Crippen molar-refractivity contribution in [2.45, 2.75) is 32.9 Å². The molecule has 0 aliphatic heterocycles. The van der Waals surface area contributed by atoms with E-state index in [1.54, 1.807) is 0 Å². The number of nitrogens with two attached hydrogens (primary N) is 1. The van der Waals surface area contributed by atoms with Crippen LogP contribution < -0.4 is 11.1 Å². The molecular weight excluding hydrogens is 240 g/mol. The summed E-state index contributed by atoms with van der Waals surface area (Å²) in [6, 6.07) is 0.493.